The number of nitrogens with two attached hydrogens (primary N) is 1. The molecule has 0 aliphatic carbocycles. The first-order valence-electron chi connectivity index (χ1n) is 10.7. The number of benzene rings is 1. The molecule has 0 bridgehead atoms. The van der Waals surface area contributed by atoms with Gasteiger partial charge < -0.3 is 15.6 Å². The van der Waals surface area contributed by atoms with E-state index in [9.17, 15) is 9.90 Å². The first-order valence-corrected chi connectivity index (χ1v) is 11.6. The number of aliphatic hydroxyl groups excluding tert-OH is 1. The summed E-state index contributed by atoms with van der Waals surface area (Å²) < 4.78 is 8.67. The van der Waals surface area contributed by atoms with E-state index in [0.717, 1.165) is 5.56 Å². The second kappa shape index (κ2) is 8.83. The van der Waals surface area contributed by atoms with E-state index >= 15 is 0 Å². The van der Waals surface area contributed by atoms with Crippen LogP contribution in [0.5, 0.6) is 5.75 Å². The van der Waals surface area contributed by atoms with Crippen molar-refractivity contribution < 1.29 is 9.84 Å². The smallest absolute Gasteiger partial charge is 0.267 e. The Labute approximate surface area is 203 Å². The van der Waals surface area contributed by atoms with Gasteiger partial charge in [-0.1, -0.05) is 18.1 Å². The van der Waals surface area contributed by atoms with Gasteiger partial charge in [-0.3, -0.25) is 9.36 Å². The number of ether oxygens (including phenoxy) is 1. The third kappa shape index (κ3) is 3.88. The zero-order valence-electron chi connectivity index (χ0n) is 19.2. The van der Waals surface area contributed by atoms with Crippen molar-refractivity contribution in [2.24, 2.45) is 0 Å². The van der Waals surface area contributed by atoms with Gasteiger partial charge in [-0.25, -0.2) is 19.6 Å². The van der Waals surface area contributed by atoms with Crippen molar-refractivity contribution in [3.63, 3.8) is 0 Å². The molecule has 4 heterocycles. The molecule has 0 radical (unpaired) electrons. The van der Waals surface area contributed by atoms with Gasteiger partial charge in [0.05, 0.1) is 23.6 Å². The van der Waals surface area contributed by atoms with E-state index in [1.165, 1.54) is 17.7 Å². The van der Waals surface area contributed by atoms with Crippen LogP contribution in [0.25, 0.3) is 26.9 Å². The third-order valence-corrected chi connectivity index (χ3v) is 6.43. The highest BCUT2D eigenvalue weighted by atomic mass is 32.1. The van der Waals surface area contributed by atoms with Gasteiger partial charge in [-0.2, -0.15) is 5.10 Å². The molecule has 0 unspecified atom stereocenters. The highest BCUT2D eigenvalue weighted by molar-refractivity contribution is 7.16. The number of aryl methyl sites for hydroxylation is 1. The minimum atomic E-state index is -0.845. The van der Waals surface area contributed by atoms with Gasteiger partial charge in [0.1, 0.15) is 46.9 Å². The number of aliphatic hydroxyl groups is 1. The predicted molar refractivity (Wildman–Crippen MR) is 134 cm³/mol. The summed E-state index contributed by atoms with van der Waals surface area (Å²) in [5.74, 6) is 6.71. The molecule has 1 atom stereocenters. The average molecular weight is 488 g/mol. The molecule has 0 amide bonds. The molecule has 176 valence electrons. The molecule has 10 nitrogen and oxygen atoms in total. The molecule has 0 saturated heterocycles. The van der Waals surface area contributed by atoms with Crippen molar-refractivity contribution >= 4 is 38.4 Å². The van der Waals surface area contributed by atoms with E-state index in [2.05, 4.69) is 26.9 Å². The monoisotopic (exact) mass is 487 g/mol. The van der Waals surface area contributed by atoms with Crippen LogP contribution in [0.3, 0.4) is 0 Å². The Morgan fingerprint density at radius 3 is 2.83 bits per heavy atom. The van der Waals surface area contributed by atoms with Crippen molar-refractivity contribution in [2.45, 2.75) is 26.5 Å². The molecule has 3 N–H and O–H groups in total. The number of rotatable bonds is 4. The van der Waals surface area contributed by atoms with Crippen molar-refractivity contribution in [3.8, 4) is 23.3 Å². The number of fused-ring (bicyclic) bond motifs is 2. The number of hydrogen-bond donors (Lipinski definition) is 2. The van der Waals surface area contributed by atoms with Crippen LogP contribution in [0.4, 0.5) is 5.82 Å². The van der Waals surface area contributed by atoms with Gasteiger partial charge in [-0.05, 0) is 42.8 Å². The molecule has 0 saturated carbocycles. The SMILES string of the molecule is COc1ccccc1-n1c(Cn2nc(C#C[C@@H](C)O)c3c(N)ncnc32)nc2scc(C)c2c1=O. The van der Waals surface area contributed by atoms with Crippen molar-refractivity contribution in [1.29, 1.82) is 0 Å². The minimum absolute atomic E-state index is 0.101. The van der Waals surface area contributed by atoms with Crippen molar-refractivity contribution in [3.05, 3.63) is 63.4 Å². The molecule has 4 aromatic heterocycles. The lowest BCUT2D eigenvalue weighted by molar-refractivity contribution is 0.253. The Kier molecular flexibility index (Phi) is 5.68. The van der Waals surface area contributed by atoms with E-state index in [1.54, 1.807) is 35.4 Å². The largest absolute Gasteiger partial charge is 0.495 e. The standard InChI is InChI=1S/C24H21N7O3S/c1-13-11-35-23-19(13)24(33)31(16-6-4-5-7-17(16)34-3)18(28-23)10-30-22-20(21(25)26-12-27-22)15(29-30)9-8-14(2)32/h4-7,11-12,14,32H,10H2,1-3H3,(H2,25,26,27)/t14-/m1/s1. The van der Waals surface area contributed by atoms with E-state index in [1.807, 2.05) is 24.4 Å². The molecule has 11 heteroatoms. The third-order valence-electron chi connectivity index (χ3n) is 5.44. The molecule has 0 aliphatic heterocycles. The van der Waals surface area contributed by atoms with Crippen LogP contribution in [0.2, 0.25) is 0 Å². The second-order valence-electron chi connectivity index (χ2n) is 7.85. The number of hydrogen-bond acceptors (Lipinski definition) is 9. The highest BCUT2D eigenvalue weighted by Crippen LogP contribution is 2.27. The fourth-order valence-electron chi connectivity index (χ4n) is 3.87. The van der Waals surface area contributed by atoms with Crippen LogP contribution in [0.15, 0.2) is 40.8 Å². The summed E-state index contributed by atoms with van der Waals surface area (Å²) >= 11 is 1.41. The van der Waals surface area contributed by atoms with E-state index < -0.39 is 6.10 Å². The molecule has 35 heavy (non-hydrogen) atoms. The van der Waals surface area contributed by atoms with Crippen LogP contribution in [0.1, 0.15) is 24.0 Å². The van der Waals surface area contributed by atoms with E-state index in [0.29, 0.717) is 44.2 Å². The number of para-hydroxylation sites is 2. The van der Waals surface area contributed by atoms with Crippen LogP contribution in [-0.4, -0.2) is 47.6 Å². The number of aromatic nitrogens is 6. The normalized spacial score (nSPS) is 12.0. The van der Waals surface area contributed by atoms with E-state index in [4.69, 9.17) is 15.5 Å². The number of thiophene rings is 1. The van der Waals surface area contributed by atoms with Gasteiger partial charge in [-0.15, -0.1) is 11.3 Å². The van der Waals surface area contributed by atoms with Crippen LogP contribution in [0, 0.1) is 18.8 Å². The summed E-state index contributed by atoms with van der Waals surface area (Å²) in [6.45, 7) is 3.55. The summed E-state index contributed by atoms with van der Waals surface area (Å²) in [7, 11) is 1.55. The summed E-state index contributed by atoms with van der Waals surface area (Å²) in [5, 5.41) is 17.1. The number of methoxy groups -OCH3 is 1. The molecule has 0 fully saturated rings. The lowest BCUT2D eigenvalue weighted by Gasteiger charge is -2.15. The van der Waals surface area contributed by atoms with Gasteiger partial charge in [0.2, 0.25) is 0 Å². The zero-order chi connectivity index (χ0) is 24.7. The Morgan fingerprint density at radius 1 is 1.26 bits per heavy atom. The zero-order valence-corrected chi connectivity index (χ0v) is 20.0. The van der Waals surface area contributed by atoms with Gasteiger partial charge in [0.15, 0.2) is 5.65 Å². The second-order valence-corrected chi connectivity index (χ2v) is 8.71. The number of anilines is 1. The molecule has 0 spiro atoms. The van der Waals surface area contributed by atoms with Crippen LogP contribution in [-0.2, 0) is 6.54 Å². The number of nitrogen functional groups attached to an aromatic ring is 1. The molecule has 5 rings (SSSR count). The molecular weight excluding hydrogens is 466 g/mol. The van der Waals surface area contributed by atoms with Crippen molar-refractivity contribution in [2.75, 3.05) is 12.8 Å². The number of nitrogens with zero attached hydrogens (tertiary/aromatic N) is 6. The Bertz CT molecular complexity index is 1710. The summed E-state index contributed by atoms with van der Waals surface area (Å²) in [5.41, 5.74) is 8.11. The van der Waals surface area contributed by atoms with E-state index in [-0.39, 0.29) is 17.9 Å². The fourth-order valence-corrected chi connectivity index (χ4v) is 4.80. The summed E-state index contributed by atoms with van der Waals surface area (Å²) in [6, 6.07) is 7.26. The maximum absolute atomic E-state index is 13.7. The molecule has 0 aliphatic rings. The fraction of sp³-hybridized carbons (Fsp3) is 0.208. The highest BCUT2D eigenvalue weighted by Gasteiger charge is 2.21. The minimum Gasteiger partial charge on any atom is -0.495 e. The average Bonchev–Trinajstić information content (AvgIpc) is 3.39. The van der Waals surface area contributed by atoms with Gasteiger partial charge in [0, 0.05) is 0 Å². The van der Waals surface area contributed by atoms with Gasteiger partial charge in [0.25, 0.3) is 5.56 Å². The molecule has 5 aromatic rings. The lowest BCUT2D eigenvalue weighted by atomic mass is 10.2. The van der Waals surface area contributed by atoms with Crippen LogP contribution < -0.4 is 16.0 Å². The molecule has 1 aromatic carbocycles. The molecular formula is C24H21N7O3S. The first kappa shape index (κ1) is 22.5. The van der Waals surface area contributed by atoms with Crippen molar-refractivity contribution in [1.82, 2.24) is 29.3 Å². The maximum Gasteiger partial charge on any atom is 0.267 e. The Balaban J connectivity index is 1.77. The first-order chi connectivity index (χ1) is 16.9. The topological polar surface area (TPSA) is 134 Å². The Hall–Kier alpha value is -4.27. The maximum atomic E-state index is 13.7. The van der Waals surface area contributed by atoms with Crippen LogP contribution >= 0.6 is 11.3 Å². The lowest BCUT2D eigenvalue weighted by Crippen LogP contribution is -2.26. The summed E-state index contributed by atoms with van der Waals surface area (Å²) in [6.07, 6.45) is 0.497. The Morgan fingerprint density at radius 2 is 2.06 bits per heavy atom. The summed E-state index contributed by atoms with van der Waals surface area (Å²) in [4.78, 5) is 27.6. The predicted octanol–water partition coefficient (Wildman–Crippen LogP) is 2.27. The van der Waals surface area contributed by atoms with Gasteiger partial charge >= 0.3 is 0 Å². The quantitative estimate of drug-likeness (QED) is 0.369.